The molecule has 0 fully saturated rings. The van der Waals surface area contributed by atoms with Crippen molar-refractivity contribution in [3.05, 3.63) is 29.8 Å². The Bertz CT molecular complexity index is 661. The van der Waals surface area contributed by atoms with Crippen LogP contribution in [-0.2, 0) is 33.4 Å². The van der Waals surface area contributed by atoms with E-state index in [1.807, 2.05) is 6.92 Å². The first-order chi connectivity index (χ1) is 11.7. The van der Waals surface area contributed by atoms with Crippen molar-refractivity contribution in [3.8, 4) is 0 Å². The minimum Gasteiger partial charge on any atom is -0.465 e. The van der Waals surface area contributed by atoms with E-state index in [-0.39, 0.29) is 24.5 Å². The third-order valence-corrected chi connectivity index (χ3v) is 4.74. The molecule has 0 aromatic heterocycles. The lowest BCUT2D eigenvalue weighted by molar-refractivity contribution is -0.162. The molecule has 0 heterocycles. The van der Waals surface area contributed by atoms with Gasteiger partial charge in [0.05, 0.1) is 24.2 Å². The highest BCUT2D eigenvalue weighted by Crippen LogP contribution is 2.20. The fourth-order valence-corrected chi connectivity index (χ4v) is 3.21. The Labute approximate surface area is 148 Å². The van der Waals surface area contributed by atoms with Gasteiger partial charge in [0.1, 0.15) is 0 Å². The minimum atomic E-state index is -4.00. The first-order valence-electron chi connectivity index (χ1n) is 8.04. The zero-order chi connectivity index (χ0) is 19.0. The van der Waals surface area contributed by atoms with Crippen molar-refractivity contribution in [2.75, 3.05) is 13.2 Å². The normalized spacial score (nSPS) is 12.7. The molecule has 7 nitrogen and oxygen atoms in total. The van der Waals surface area contributed by atoms with Crippen LogP contribution in [0.4, 0.5) is 0 Å². The highest BCUT2D eigenvalue weighted by atomic mass is 32.2. The number of carbonyl (C=O) groups is 2. The average Bonchev–Trinajstić information content (AvgIpc) is 2.53. The van der Waals surface area contributed by atoms with E-state index in [0.29, 0.717) is 0 Å². The topological polar surface area (TPSA) is 96.0 Å². The standard InChI is InChI=1S/C17H24O7S/c1-5-22-16(18)15(17(19)23-6-2)11-13(4)24-25(20,21)14-9-7-12(3)8-10-14/h7-10,13,15H,5-6,11H2,1-4H3. The molecule has 140 valence electrons. The number of esters is 2. The largest absolute Gasteiger partial charge is 0.465 e. The first kappa shape index (κ1) is 21.1. The quantitative estimate of drug-likeness (QED) is 0.372. The van der Waals surface area contributed by atoms with Gasteiger partial charge in [-0.25, -0.2) is 0 Å². The summed E-state index contributed by atoms with van der Waals surface area (Å²) in [7, 11) is -4.00. The fraction of sp³-hybridized carbons (Fsp3) is 0.529. The summed E-state index contributed by atoms with van der Waals surface area (Å²) in [5.41, 5.74) is 0.914. The van der Waals surface area contributed by atoms with E-state index in [9.17, 15) is 18.0 Å². The molecule has 0 aliphatic rings. The number of benzene rings is 1. The molecule has 0 amide bonds. The molecular weight excluding hydrogens is 348 g/mol. The van der Waals surface area contributed by atoms with E-state index in [4.69, 9.17) is 13.7 Å². The van der Waals surface area contributed by atoms with Gasteiger partial charge in [-0.2, -0.15) is 8.42 Å². The predicted molar refractivity (Wildman–Crippen MR) is 90.3 cm³/mol. The minimum absolute atomic E-state index is 0.00812. The summed E-state index contributed by atoms with van der Waals surface area (Å²) in [5, 5.41) is 0. The van der Waals surface area contributed by atoms with E-state index in [2.05, 4.69) is 0 Å². The van der Waals surface area contributed by atoms with Gasteiger partial charge in [0, 0.05) is 0 Å². The van der Waals surface area contributed by atoms with Crippen molar-refractivity contribution >= 4 is 22.1 Å². The van der Waals surface area contributed by atoms with Gasteiger partial charge in [-0.05, 0) is 46.2 Å². The smallest absolute Gasteiger partial charge is 0.320 e. The van der Waals surface area contributed by atoms with Crippen molar-refractivity contribution in [1.82, 2.24) is 0 Å². The van der Waals surface area contributed by atoms with E-state index >= 15 is 0 Å². The lowest BCUT2D eigenvalue weighted by atomic mass is 10.0. The Hall–Kier alpha value is -1.93. The third-order valence-electron chi connectivity index (χ3n) is 3.31. The van der Waals surface area contributed by atoms with Crippen LogP contribution < -0.4 is 0 Å². The van der Waals surface area contributed by atoms with Gasteiger partial charge in [0.25, 0.3) is 10.1 Å². The van der Waals surface area contributed by atoms with E-state index in [0.717, 1.165) is 5.56 Å². The van der Waals surface area contributed by atoms with E-state index in [1.54, 1.807) is 26.0 Å². The molecule has 1 aromatic carbocycles. The lowest BCUT2D eigenvalue weighted by Gasteiger charge is -2.18. The van der Waals surface area contributed by atoms with E-state index < -0.39 is 34.1 Å². The van der Waals surface area contributed by atoms with Gasteiger partial charge >= 0.3 is 11.9 Å². The lowest BCUT2D eigenvalue weighted by Crippen LogP contribution is -2.32. The van der Waals surface area contributed by atoms with Crippen molar-refractivity contribution in [3.63, 3.8) is 0 Å². The monoisotopic (exact) mass is 372 g/mol. The third kappa shape index (κ3) is 6.47. The van der Waals surface area contributed by atoms with Crippen LogP contribution in [0.2, 0.25) is 0 Å². The van der Waals surface area contributed by atoms with Gasteiger partial charge < -0.3 is 9.47 Å². The van der Waals surface area contributed by atoms with E-state index in [1.165, 1.54) is 19.1 Å². The summed E-state index contributed by atoms with van der Waals surface area (Å²) in [6.07, 6.45) is -1.08. The molecule has 0 saturated carbocycles. The second kappa shape index (κ2) is 9.53. The van der Waals surface area contributed by atoms with Crippen LogP contribution in [0.5, 0.6) is 0 Å². The van der Waals surface area contributed by atoms with Gasteiger partial charge in [0.2, 0.25) is 0 Å². The molecule has 0 aliphatic carbocycles. The van der Waals surface area contributed by atoms with Gasteiger partial charge in [-0.15, -0.1) is 0 Å². The van der Waals surface area contributed by atoms with Crippen LogP contribution >= 0.6 is 0 Å². The molecule has 0 saturated heterocycles. The maximum Gasteiger partial charge on any atom is 0.320 e. The maximum absolute atomic E-state index is 12.3. The Morgan fingerprint density at radius 3 is 1.92 bits per heavy atom. The predicted octanol–water partition coefficient (Wildman–Crippen LogP) is 2.22. The molecule has 0 bridgehead atoms. The average molecular weight is 372 g/mol. The molecule has 25 heavy (non-hydrogen) atoms. The Balaban J connectivity index is 2.85. The second-order valence-electron chi connectivity index (χ2n) is 5.47. The maximum atomic E-state index is 12.3. The highest BCUT2D eigenvalue weighted by Gasteiger charge is 2.33. The summed E-state index contributed by atoms with van der Waals surface area (Å²) in [4.78, 5) is 23.9. The summed E-state index contributed by atoms with van der Waals surface area (Å²) >= 11 is 0. The van der Waals surface area contributed by atoms with Crippen molar-refractivity contribution in [2.24, 2.45) is 5.92 Å². The molecule has 0 aliphatic heterocycles. The molecule has 0 radical (unpaired) electrons. The molecule has 1 atom stereocenters. The zero-order valence-electron chi connectivity index (χ0n) is 14.9. The summed E-state index contributed by atoms with van der Waals surface area (Å²) in [6.45, 7) is 6.74. The highest BCUT2D eigenvalue weighted by molar-refractivity contribution is 7.86. The molecule has 1 unspecified atom stereocenters. The molecule has 0 N–H and O–H groups in total. The summed E-state index contributed by atoms with van der Waals surface area (Å²) < 4.78 is 39.4. The number of rotatable bonds is 9. The van der Waals surface area contributed by atoms with Crippen molar-refractivity contribution < 1.29 is 31.7 Å². The van der Waals surface area contributed by atoms with Gasteiger partial charge in [-0.1, -0.05) is 17.7 Å². The number of aryl methyl sites for hydroxylation is 1. The summed E-state index contributed by atoms with van der Waals surface area (Å²) in [5.74, 6) is -2.75. The Morgan fingerprint density at radius 1 is 1.00 bits per heavy atom. The van der Waals surface area contributed by atoms with Crippen LogP contribution in [0.3, 0.4) is 0 Å². The number of carbonyl (C=O) groups excluding carboxylic acids is 2. The van der Waals surface area contributed by atoms with Crippen molar-refractivity contribution in [1.29, 1.82) is 0 Å². The SMILES string of the molecule is CCOC(=O)C(CC(C)OS(=O)(=O)c1ccc(C)cc1)C(=O)OCC. The number of hydrogen-bond donors (Lipinski definition) is 0. The molecule has 0 spiro atoms. The first-order valence-corrected chi connectivity index (χ1v) is 9.45. The van der Waals surface area contributed by atoms with Gasteiger partial charge in [-0.3, -0.25) is 13.8 Å². The summed E-state index contributed by atoms with van der Waals surface area (Å²) in [6, 6.07) is 6.18. The van der Waals surface area contributed by atoms with Crippen LogP contribution in [0.15, 0.2) is 29.2 Å². The van der Waals surface area contributed by atoms with Crippen LogP contribution in [0, 0.1) is 12.8 Å². The molecule has 1 rings (SSSR count). The van der Waals surface area contributed by atoms with Crippen LogP contribution in [0.1, 0.15) is 32.8 Å². The van der Waals surface area contributed by atoms with Crippen molar-refractivity contribution in [2.45, 2.75) is 45.1 Å². The second-order valence-corrected chi connectivity index (χ2v) is 7.04. The Morgan fingerprint density at radius 2 is 1.48 bits per heavy atom. The molecular formula is C17H24O7S. The molecule has 1 aromatic rings. The number of hydrogen-bond acceptors (Lipinski definition) is 7. The van der Waals surface area contributed by atoms with Gasteiger partial charge in [0.15, 0.2) is 5.92 Å². The Kier molecular flexibility index (Phi) is 8.05. The number of ether oxygens (including phenoxy) is 2. The zero-order valence-corrected chi connectivity index (χ0v) is 15.7. The fourth-order valence-electron chi connectivity index (χ4n) is 2.12. The van der Waals surface area contributed by atoms with Crippen LogP contribution in [0.25, 0.3) is 0 Å². The molecule has 8 heteroatoms. The van der Waals surface area contributed by atoms with Crippen LogP contribution in [-0.4, -0.2) is 39.7 Å².